The average Bonchev–Trinajstić information content (AvgIpc) is 2.37. The summed E-state index contributed by atoms with van der Waals surface area (Å²) in [7, 11) is 0. The molecule has 4 heteroatoms. The summed E-state index contributed by atoms with van der Waals surface area (Å²) in [6, 6.07) is 12.2. The van der Waals surface area contributed by atoms with Crippen LogP contribution in [0.2, 0.25) is 0 Å². The summed E-state index contributed by atoms with van der Waals surface area (Å²) in [5.74, 6) is 0.548. The predicted molar refractivity (Wildman–Crippen MR) is 74.1 cm³/mol. The topological polar surface area (TPSA) is 51.8 Å². The first-order valence-electron chi connectivity index (χ1n) is 5.93. The molecule has 0 amide bonds. The number of nitrogen functional groups attached to an aromatic ring is 1. The van der Waals surface area contributed by atoms with Crippen LogP contribution in [-0.2, 0) is 0 Å². The summed E-state index contributed by atoms with van der Waals surface area (Å²) in [6.45, 7) is 1.83. The average molecular weight is 253 g/mol. The van der Waals surface area contributed by atoms with Crippen LogP contribution in [0.3, 0.4) is 0 Å². The van der Waals surface area contributed by atoms with Crippen LogP contribution in [0.5, 0.6) is 0 Å². The van der Waals surface area contributed by atoms with E-state index in [9.17, 15) is 4.39 Å². The molecule has 94 valence electrons. The molecule has 0 fully saturated rings. The van der Waals surface area contributed by atoms with Crippen molar-refractivity contribution in [1.29, 1.82) is 0 Å². The van der Waals surface area contributed by atoms with Crippen molar-refractivity contribution >= 4 is 16.7 Å². The van der Waals surface area contributed by atoms with Gasteiger partial charge in [-0.15, -0.1) is 0 Å². The molecule has 0 aliphatic carbocycles. The molecule has 0 aliphatic rings. The molecule has 1 aromatic heterocycles. The lowest BCUT2D eigenvalue weighted by atomic mass is 10.1. The molecule has 0 unspecified atom stereocenters. The van der Waals surface area contributed by atoms with E-state index >= 15 is 0 Å². The maximum atomic E-state index is 13.4. The van der Waals surface area contributed by atoms with E-state index in [-0.39, 0.29) is 5.82 Å². The number of nitrogens with zero attached hydrogens (tertiary/aromatic N) is 2. The lowest BCUT2D eigenvalue weighted by Crippen LogP contribution is -1.98. The smallest absolute Gasteiger partial charge is 0.162 e. The van der Waals surface area contributed by atoms with Crippen molar-refractivity contribution in [2.45, 2.75) is 6.92 Å². The second-order valence-corrected chi connectivity index (χ2v) is 4.47. The van der Waals surface area contributed by atoms with Crippen LogP contribution in [0.15, 0.2) is 42.5 Å². The number of aryl methyl sites for hydroxylation is 1. The minimum Gasteiger partial charge on any atom is -0.383 e. The van der Waals surface area contributed by atoms with Gasteiger partial charge in [-0.2, -0.15) is 0 Å². The highest BCUT2D eigenvalue weighted by atomic mass is 19.1. The fourth-order valence-corrected chi connectivity index (χ4v) is 2.10. The number of anilines is 1. The van der Waals surface area contributed by atoms with E-state index in [2.05, 4.69) is 9.97 Å². The Bertz CT molecular complexity index is 748. The highest BCUT2D eigenvalue weighted by Gasteiger charge is 2.08. The SMILES string of the molecule is Cc1cc(F)cc(-c2nc(N)c3ccccc3n2)c1. The van der Waals surface area contributed by atoms with Crippen LogP contribution in [0.4, 0.5) is 10.2 Å². The largest absolute Gasteiger partial charge is 0.383 e. The third-order valence-corrected chi connectivity index (χ3v) is 2.93. The van der Waals surface area contributed by atoms with Crippen molar-refractivity contribution in [2.24, 2.45) is 0 Å². The van der Waals surface area contributed by atoms with Crippen molar-refractivity contribution in [2.75, 3.05) is 5.73 Å². The van der Waals surface area contributed by atoms with Crippen LogP contribution in [-0.4, -0.2) is 9.97 Å². The van der Waals surface area contributed by atoms with E-state index in [1.165, 1.54) is 12.1 Å². The molecule has 0 atom stereocenters. The van der Waals surface area contributed by atoms with Crippen LogP contribution in [0.1, 0.15) is 5.56 Å². The van der Waals surface area contributed by atoms with Gasteiger partial charge in [0.25, 0.3) is 0 Å². The van der Waals surface area contributed by atoms with E-state index in [0.717, 1.165) is 16.5 Å². The second-order valence-electron chi connectivity index (χ2n) is 4.47. The molecular formula is C15H12FN3. The monoisotopic (exact) mass is 253 g/mol. The molecule has 3 rings (SSSR count). The summed E-state index contributed by atoms with van der Waals surface area (Å²) in [6.07, 6.45) is 0. The first-order chi connectivity index (χ1) is 9.13. The van der Waals surface area contributed by atoms with E-state index in [1.54, 1.807) is 0 Å². The lowest BCUT2D eigenvalue weighted by Gasteiger charge is -2.06. The zero-order chi connectivity index (χ0) is 13.4. The summed E-state index contributed by atoms with van der Waals surface area (Å²) in [4.78, 5) is 8.68. The van der Waals surface area contributed by atoms with Crippen molar-refractivity contribution in [3.63, 3.8) is 0 Å². The normalized spacial score (nSPS) is 10.8. The third-order valence-electron chi connectivity index (χ3n) is 2.93. The molecule has 2 N–H and O–H groups in total. The molecule has 0 aliphatic heterocycles. The van der Waals surface area contributed by atoms with Gasteiger partial charge in [-0.05, 0) is 42.8 Å². The van der Waals surface area contributed by atoms with Crippen LogP contribution in [0, 0.1) is 12.7 Å². The summed E-state index contributed by atoms with van der Waals surface area (Å²) >= 11 is 0. The van der Waals surface area contributed by atoms with E-state index < -0.39 is 0 Å². The molecular weight excluding hydrogens is 241 g/mol. The number of hydrogen-bond acceptors (Lipinski definition) is 3. The molecule has 0 saturated heterocycles. The van der Waals surface area contributed by atoms with Crippen molar-refractivity contribution in [3.05, 3.63) is 53.8 Å². The maximum absolute atomic E-state index is 13.4. The Labute approximate surface area is 109 Å². The number of fused-ring (bicyclic) bond motifs is 1. The molecule has 3 nitrogen and oxygen atoms in total. The van der Waals surface area contributed by atoms with Gasteiger partial charge in [0.15, 0.2) is 5.82 Å². The Morgan fingerprint density at radius 3 is 2.63 bits per heavy atom. The predicted octanol–water partition coefficient (Wildman–Crippen LogP) is 3.33. The third kappa shape index (κ3) is 2.12. The fourth-order valence-electron chi connectivity index (χ4n) is 2.10. The van der Waals surface area contributed by atoms with Crippen LogP contribution >= 0.6 is 0 Å². The molecule has 0 bridgehead atoms. The van der Waals surface area contributed by atoms with Crippen molar-refractivity contribution in [1.82, 2.24) is 9.97 Å². The first-order valence-corrected chi connectivity index (χ1v) is 5.93. The van der Waals surface area contributed by atoms with E-state index in [0.29, 0.717) is 17.2 Å². The number of para-hydroxylation sites is 1. The zero-order valence-electron chi connectivity index (χ0n) is 10.4. The molecule has 2 aromatic carbocycles. The van der Waals surface area contributed by atoms with Crippen molar-refractivity contribution in [3.8, 4) is 11.4 Å². The first kappa shape index (κ1) is 11.6. The number of nitrogens with two attached hydrogens (primary N) is 1. The van der Waals surface area contributed by atoms with Gasteiger partial charge in [0.05, 0.1) is 5.52 Å². The van der Waals surface area contributed by atoms with Gasteiger partial charge in [0.2, 0.25) is 0 Å². The van der Waals surface area contributed by atoms with Gasteiger partial charge in [0, 0.05) is 10.9 Å². The summed E-state index contributed by atoms with van der Waals surface area (Å²) in [5, 5.41) is 0.805. The van der Waals surface area contributed by atoms with Gasteiger partial charge >= 0.3 is 0 Å². The Hall–Kier alpha value is -2.49. The van der Waals surface area contributed by atoms with Crippen LogP contribution < -0.4 is 5.73 Å². The minimum absolute atomic E-state index is 0.301. The van der Waals surface area contributed by atoms with Gasteiger partial charge < -0.3 is 5.73 Å². The minimum atomic E-state index is -0.301. The number of rotatable bonds is 1. The zero-order valence-corrected chi connectivity index (χ0v) is 10.4. The van der Waals surface area contributed by atoms with Crippen molar-refractivity contribution < 1.29 is 4.39 Å². The Balaban J connectivity index is 2.25. The van der Waals surface area contributed by atoms with Gasteiger partial charge in [-0.3, -0.25) is 0 Å². The highest BCUT2D eigenvalue weighted by Crippen LogP contribution is 2.24. The number of halogens is 1. The summed E-state index contributed by atoms with van der Waals surface area (Å²) < 4.78 is 13.4. The lowest BCUT2D eigenvalue weighted by molar-refractivity contribution is 0.627. The fraction of sp³-hybridized carbons (Fsp3) is 0.0667. The van der Waals surface area contributed by atoms with Gasteiger partial charge in [-0.1, -0.05) is 12.1 Å². The molecule has 0 spiro atoms. The second kappa shape index (κ2) is 4.31. The van der Waals surface area contributed by atoms with E-state index in [4.69, 9.17) is 5.73 Å². The molecule has 3 aromatic rings. The number of benzene rings is 2. The van der Waals surface area contributed by atoms with E-state index in [1.807, 2.05) is 37.3 Å². The highest BCUT2D eigenvalue weighted by molar-refractivity contribution is 5.89. The number of aromatic nitrogens is 2. The Morgan fingerprint density at radius 1 is 1.05 bits per heavy atom. The molecule has 19 heavy (non-hydrogen) atoms. The maximum Gasteiger partial charge on any atom is 0.162 e. The Kier molecular flexibility index (Phi) is 2.63. The summed E-state index contributed by atoms with van der Waals surface area (Å²) in [5.41, 5.74) is 8.14. The number of hydrogen-bond donors (Lipinski definition) is 1. The molecule has 1 heterocycles. The van der Waals surface area contributed by atoms with Gasteiger partial charge in [-0.25, -0.2) is 14.4 Å². The standard InChI is InChI=1S/C15H12FN3/c1-9-6-10(8-11(16)7-9)15-18-13-5-3-2-4-12(13)14(17)19-15/h2-8H,1H3,(H2,17,18,19). The Morgan fingerprint density at radius 2 is 1.84 bits per heavy atom. The molecule has 0 radical (unpaired) electrons. The molecule has 0 saturated carbocycles. The van der Waals surface area contributed by atoms with Crippen LogP contribution in [0.25, 0.3) is 22.3 Å². The van der Waals surface area contributed by atoms with Gasteiger partial charge in [0.1, 0.15) is 11.6 Å². The quantitative estimate of drug-likeness (QED) is 0.723.